The number of nitrogens with one attached hydrogen (secondary N) is 1. The molecule has 4 rings (SSSR count). The molecule has 1 aromatic rings. The summed E-state index contributed by atoms with van der Waals surface area (Å²) in [6, 6.07) is 8.66. The van der Waals surface area contributed by atoms with E-state index in [2.05, 4.69) is 41.4 Å². The maximum Gasteiger partial charge on any atom is 0.165 e. The van der Waals surface area contributed by atoms with Gasteiger partial charge >= 0.3 is 0 Å². The number of hydrogen-bond acceptors (Lipinski definition) is 3. The highest BCUT2D eigenvalue weighted by Crippen LogP contribution is 2.57. The van der Waals surface area contributed by atoms with Crippen molar-refractivity contribution in [3.05, 3.63) is 29.8 Å². The van der Waals surface area contributed by atoms with Crippen molar-refractivity contribution in [2.75, 3.05) is 18.0 Å². The van der Waals surface area contributed by atoms with Gasteiger partial charge in [0.15, 0.2) is 5.78 Å². The van der Waals surface area contributed by atoms with Crippen molar-refractivity contribution in [3.63, 3.8) is 0 Å². The SMILES string of the molecule is C[C@]12CCCC[C@]13NCC(=O)CN3c1ccccc12. The summed E-state index contributed by atoms with van der Waals surface area (Å²) >= 11 is 0. The predicted octanol–water partition coefficient (Wildman–Crippen LogP) is 2.21. The monoisotopic (exact) mass is 256 g/mol. The van der Waals surface area contributed by atoms with Gasteiger partial charge in [-0.3, -0.25) is 10.1 Å². The molecule has 1 saturated carbocycles. The van der Waals surface area contributed by atoms with E-state index < -0.39 is 0 Å². The lowest BCUT2D eigenvalue weighted by Crippen LogP contribution is -2.72. The molecule has 3 nitrogen and oxygen atoms in total. The summed E-state index contributed by atoms with van der Waals surface area (Å²) in [4.78, 5) is 14.2. The number of anilines is 1. The van der Waals surface area contributed by atoms with Crippen LogP contribution in [0.5, 0.6) is 0 Å². The Labute approximate surface area is 114 Å². The van der Waals surface area contributed by atoms with Gasteiger partial charge in [0.1, 0.15) is 5.66 Å². The van der Waals surface area contributed by atoms with Crippen LogP contribution in [0.1, 0.15) is 38.2 Å². The summed E-state index contributed by atoms with van der Waals surface area (Å²) in [5, 5.41) is 3.61. The van der Waals surface area contributed by atoms with Crippen molar-refractivity contribution in [2.45, 2.75) is 43.7 Å². The Morgan fingerprint density at radius 1 is 1.21 bits per heavy atom. The van der Waals surface area contributed by atoms with Crippen molar-refractivity contribution in [1.29, 1.82) is 0 Å². The quantitative estimate of drug-likeness (QED) is 0.772. The first-order valence-corrected chi connectivity index (χ1v) is 7.31. The predicted molar refractivity (Wildman–Crippen MR) is 75.3 cm³/mol. The third-order valence-electron chi connectivity index (χ3n) is 5.54. The Hall–Kier alpha value is -1.35. The minimum atomic E-state index is -0.0250. The van der Waals surface area contributed by atoms with Gasteiger partial charge in [0, 0.05) is 11.1 Å². The number of para-hydroxylation sites is 1. The first kappa shape index (κ1) is 11.5. The van der Waals surface area contributed by atoms with Crippen molar-refractivity contribution in [2.24, 2.45) is 0 Å². The van der Waals surface area contributed by atoms with Gasteiger partial charge in [-0.15, -0.1) is 0 Å². The average molecular weight is 256 g/mol. The van der Waals surface area contributed by atoms with Crippen LogP contribution in [0, 0.1) is 0 Å². The van der Waals surface area contributed by atoms with Crippen LogP contribution in [-0.4, -0.2) is 24.5 Å². The van der Waals surface area contributed by atoms with E-state index in [1.165, 1.54) is 30.5 Å². The Balaban J connectivity index is 1.95. The molecule has 1 aliphatic carbocycles. The van der Waals surface area contributed by atoms with Gasteiger partial charge in [-0.2, -0.15) is 0 Å². The molecule has 3 heteroatoms. The van der Waals surface area contributed by atoms with E-state index in [0.717, 1.165) is 6.42 Å². The molecule has 0 bridgehead atoms. The summed E-state index contributed by atoms with van der Waals surface area (Å²) < 4.78 is 0. The van der Waals surface area contributed by atoms with Crippen LogP contribution < -0.4 is 10.2 Å². The largest absolute Gasteiger partial charge is 0.345 e. The fourth-order valence-electron chi connectivity index (χ4n) is 4.59. The number of rotatable bonds is 0. The Morgan fingerprint density at radius 3 is 2.89 bits per heavy atom. The van der Waals surface area contributed by atoms with Crippen LogP contribution in [0.2, 0.25) is 0 Å². The normalized spacial score (nSPS) is 36.7. The number of carbonyl (C=O) groups excluding carboxylic acids is 1. The van der Waals surface area contributed by atoms with Gasteiger partial charge in [-0.25, -0.2) is 0 Å². The molecule has 0 unspecified atom stereocenters. The third-order valence-corrected chi connectivity index (χ3v) is 5.54. The summed E-state index contributed by atoms with van der Waals surface area (Å²) in [5.74, 6) is 0.301. The molecule has 2 atom stereocenters. The topological polar surface area (TPSA) is 32.3 Å². The molecular formula is C16H20N2O. The van der Waals surface area contributed by atoms with E-state index in [9.17, 15) is 4.79 Å². The van der Waals surface area contributed by atoms with Crippen molar-refractivity contribution in [3.8, 4) is 0 Å². The molecule has 100 valence electrons. The van der Waals surface area contributed by atoms with Gasteiger partial charge in [0.2, 0.25) is 0 Å². The first-order valence-electron chi connectivity index (χ1n) is 7.31. The standard InChI is InChI=1S/C16H20N2O/c1-15-8-4-5-9-16(15)17-10-12(19)11-18(16)14-7-3-2-6-13(14)15/h2-3,6-7,17H,4-5,8-11H2,1H3/t15-,16-/m1/s1. The van der Waals surface area contributed by atoms with Crippen molar-refractivity contribution >= 4 is 11.5 Å². The van der Waals surface area contributed by atoms with Crippen LogP contribution in [0.25, 0.3) is 0 Å². The molecular weight excluding hydrogens is 236 g/mol. The molecule has 1 aromatic carbocycles. The number of Topliss-reactive ketones (excluding diaryl/α,β-unsaturated/α-hetero) is 1. The molecule has 2 fully saturated rings. The lowest BCUT2D eigenvalue weighted by Gasteiger charge is -2.54. The number of benzene rings is 1. The molecule has 3 aliphatic rings. The van der Waals surface area contributed by atoms with E-state index in [-0.39, 0.29) is 11.1 Å². The Bertz CT molecular complexity index is 555. The number of nitrogens with zero attached hydrogens (tertiary/aromatic N) is 1. The van der Waals surface area contributed by atoms with E-state index in [0.29, 0.717) is 18.9 Å². The maximum atomic E-state index is 11.9. The molecule has 1 N–H and O–H groups in total. The molecule has 1 spiro atoms. The molecule has 2 heterocycles. The molecule has 0 amide bonds. The molecule has 2 aliphatic heterocycles. The lowest BCUT2D eigenvalue weighted by atomic mass is 9.64. The summed E-state index contributed by atoms with van der Waals surface area (Å²) in [6.07, 6.45) is 4.89. The van der Waals surface area contributed by atoms with E-state index in [1.54, 1.807) is 0 Å². The second-order valence-electron chi connectivity index (χ2n) is 6.40. The number of hydrogen-bond donors (Lipinski definition) is 1. The number of fused-ring (bicyclic) bond motifs is 3. The van der Waals surface area contributed by atoms with Crippen LogP contribution in [0.4, 0.5) is 5.69 Å². The minimum absolute atomic E-state index is 0.0250. The Kier molecular flexibility index (Phi) is 2.17. The molecule has 19 heavy (non-hydrogen) atoms. The highest BCUT2D eigenvalue weighted by atomic mass is 16.1. The lowest BCUT2D eigenvalue weighted by molar-refractivity contribution is -0.119. The van der Waals surface area contributed by atoms with Gasteiger partial charge in [-0.05, 0) is 30.9 Å². The van der Waals surface area contributed by atoms with Crippen LogP contribution in [0.15, 0.2) is 24.3 Å². The van der Waals surface area contributed by atoms with Crippen LogP contribution in [-0.2, 0) is 10.2 Å². The first-order chi connectivity index (χ1) is 9.17. The van der Waals surface area contributed by atoms with Gasteiger partial charge in [0.25, 0.3) is 0 Å². The molecule has 0 radical (unpaired) electrons. The fourth-order valence-corrected chi connectivity index (χ4v) is 4.59. The maximum absolute atomic E-state index is 11.9. The molecule has 0 aromatic heterocycles. The zero-order chi connectivity index (χ0) is 13.1. The van der Waals surface area contributed by atoms with Crippen molar-refractivity contribution in [1.82, 2.24) is 5.32 Å². The van der Waals surface area contributed by atoms with E-state index in [1.807, 2.05) is 0 Å². The zero-order valence-electron chi connectivity index (χ0n) is 11.4. The number of ketones is 1. The highest BCUT2D eigenvalue weighted by Gasteiger charge is 2.61. The second kappa shape index (κ2) is 3.60. The van der Waals surface area contributed by atoms with Gasteiger partial charge < -0.3 is 4.90 Å². The van der Waals surface area contributed by atoms with Gasteiger partial charge in [-0.1, -0.05) is 31.5 Å². The number of carbonyl (C=O) groups is 1. The van der Waals surface area contributed by atoms with E-state index in [4.69, 9.17) is 0 Å². The van der Waals surface area contributed by atoms with Gasteiger partial charge in [0.05, 0.1) is 13.1 Å². The summed E-state index contributed by atoms with van der Waals surface area (Å²) in [5.41, 5.74) is 2.81. The molecule has 1 saturated heterocycles. The minimum Gasteiger partial charge on any atom is -0.345 e. The van der Waals surface area contributed by atoms with Crippen LogP contribution >= 0.6 is 0 Å². The van der Waals surface area contributed by atoms with Crippen LogP contribution in [0.3, 0.4) is 0 Å². The average Bonchev–Trinajstić information content (AvgIpc) is 2.66. The second-order valence-corrected chi connectivity index (χ2v) is 6.40. The highest BCUT2D eigenvalue weighted by molar-refractivity contribution is 5.89. The zero-order valence-corrected chi connectivity index (χ0v) is 11.4. The summed E-state index contributed by atoms with van der Waals surface area (Å²) in [7, 11) is 0. The summed E-state index contributed by atoms with van der Waals surface area (Å²) in [6.45, 7) is 3.48. The fraction of sp³-hybridized carbons (Fsp3) is 0.562. The van der Waals surface area contributed by atoms with Crippen molar-refractivity contribution < 1.29 is 4.79 Å². The smallest absolute Gasteiger partial charge is 0.165 e. The third kappa shape index (κ3) is 1.24. The Morgan fingerprint density at radius 2 is 2.00 bits per heavy atom. The van der Waals surface area contributed by atoms with E-state index >= 15 is 0 Å².